The fourth-order valence-corrected chi connectivity index (χ4v) is 3.55. The third-order valence-corrected chi connectivity index (χ3v) is 4.91. The summed E-state index contributed by atoms with van der Waals surface area (Å²) < 4.78 is 7.30. The van der Waals surface area contributed by atoms with E-state index in [2.05, 4.69) is 16.0 Å². The molecule has 1 aliphatic rings. The second-order valence-electron chi connectivity index (χ2n) is 6.36. The zero-order valence-electron chi connectivity index (χ0n) is 14.6. The third-order valence-electron chi connectivity index (χ3n) is 4.67. The van der Waals surface area contributed by atoms with Crippen molar-refractivity contribution in [3.05, 3.63) is 41.7 Å². The van der Waals surface area contributed by atoms with E-state index in [4.69, 9.17) is 21.3 Å². The maximum atomic E-state index is 11.9. The fraction of sp³-hybridized carbons (Fsp3) is 0.474. The van der Waals surface area contributed by atoms with Gasteiger partial charge in [-0.1, -0.05) is 17.7 Å². The van der Waals surface area contributed by atoms with Crippen molar-refractivity contribution >= 4 is 28.6 Å². The van der Waals surface area contributed by atoms with E-state index in [1.165, 1.54) is 0 Å². The summed E-state index contributed by atoms with van der Waals surface area (Å²) in [5.41, 5.74) is 1.98. The van der Waals surface area contributed by atoms with Crippen LogP contribution in [0.5, 0.6) is 0 Å². The molecule has 2 heterocycles. The topological polar surface area (TPSA) is 47.4 Å². The van der Waals surface area contributed by atoms with Gasteiger partial charge in [0.15, 0.2) is 0 Å². The van der Waals surface area contributed by atoms with E-state index in [1.54, 1.807) is 0 Å². The maximum absolute atomic E-state index is 11.9. The summed E-state index contributed by atoms with van der Waals surface area (Å²) in [5.74, 6) is 0.976. The zero-order valence-corrected chi connectivity index (χ0v) is 15.3. The second-order valence-corrected chi connectivity index (χ2v) is 6.80. The van der Waals surface area contributed by atoms with Crippen molar-refractivity contribution in [2.75, 3.05) is 19.7 Å². The van der Waals surface area contributed by atoms with Gasteiger partial charge in [0.1, 0.15) is 5.82 Å². The van der Waals surface area contributed by atoms with Crippen LogP contribution in [-0.2, 0) is 22.6 Å². The number of nitrogens with zero attached hydrogens (tertiary/aromatic N) is 3. The van der Waals surface area contributed by atoms with Crippen LogP contribution in [-0.4, -0.2) is 40.1 Å². The molecule has 0 aliphatic carbocycles. The smallest absolute Gasteiger partial charge is 0.309 e. The highest BCUT2D eigenvalue weighted by atomic mass is 35.5. The Kier molecular flexibility index (Phi) is 5.76. The number of benzene rings is 1. The van der Waals surface area contributed by atoms with Crippen LogP contribution in [0.15, 0.2) is 30.9 Å². The van der Waals surface area contributed by atoms with Crippen molar-refractivity contribution in [2.45, 2.75) is 32.9 Å². The van der Waals surface area contributed by atoms with Gasteiger partial charge < -0.3 is 9.30 Å². The first-order chi connectivity index (χ1) is 12.1. The zero-order chi connectivity index (χ0) is 17.8. The molecule has 0 N–H and O–H groups in total. The number of hydrogen-bond donors (Lipinski definition) is 0. The van der Waals surface area contributed by atoms with Crippen molar-refractivity contribution < 1.29 is 9.53 Å². The number of fused-ring (bicyclic) bond motifs is 1. The van der Waals surface area contributed by atoms with Gasteiger partial charge in [0.05, 0.1) is 30.1 Å². The number of imidazole rings is 1. The summed E-state index contributed by atoms with van der Waals surface area (Å²) in [5, 5.41) is 0.708. The minimum atomic E-state index is -0.0595. The van der Waals surface area contributed by atoms with Crippen molar-refractivity contribution in [1.82, 2.24) is 14.5 Å². The van der Waals surface area contributed by atoms with Crippen molar-refractivity contribution in [2.24, 2.45) is 5.92 Å². The van der Waals surface area contributed by atoms with Gasteiger partial charge in [0.2, 0.25) is 0 Å². The standard InChI is InChI=1S/C19H24ClN3O2/c1-3-9-23-17-12-15(20)5-6-16(17)21-18(23)13-22-10-7-14(8-11-22)19(24)25-4-2/h3,5-6,12,14H,1,4,7-11,13H2,2H3. The minimum absolute atomic E-state index is 0.0296. The van der Waals surface area contributed by atoms with Gasteiger partial charge in [-0.15, -0.1) is 6.58 Å². The van der Waals surface area contributed by atoms with E-state index < -0.39 is 0 Å². The highest BCUT2D eigenvalue weighted by molar-refractivity contribution is 6.31. The number of esters is 1. The Balaban J connectivity index is 1.72. The molecule has 0 atom stereocenters. The van der Waals surface area contributed by atoms with Gasteiger partial charge >= 0.3 is 5.97 Å². The average molecular weight is 362 g/mol. The van der Waals surface area contributed by atoms with Crippen LogP contribution in [0.2, 0.25) is 5.02 Å². The number of rotatable bonds is 6. The van der Waals surface area contributed by atoms with E-state index in [0.29, 0.717) is 18.2 Å². The predicted molar refractivity (Wildman–Crippen MR) is 99.6 cm³/mol. The fourth-order valence-electron chi connectivity index (χ4n) is 3.39. The molecule has 5 nitrogen and oxygen atoms in total. The Bertz CT molecular complexity index is 763. The van der Waals surface area contributed by atoms with E-state index in [0.717, 1.165) is 49.3 Å². The Labute approximate surface area is 153 Å². The SMILES string of the molecule is C=CCn1c(CN2CCC(C(=O)OCC)CC2)nc2ccc(Cl)cc21. The molecule has 3 rings (SSSR count). The number of halogens is 1. The third kappa shape index (κ3) is 4.05. The summed E-state index contributed by atoms with van der Waals surface area (Å²) in [6.45, 7) is 9.37. The number of ether oxygens (including phenoxy) is 1. The number of likely N-dealkylation sites (tertiary alicyclic amines) is 1. The lowest BCUT2D eigenvalue weighted by Crippen LogP contribution is -2.37. The first kappa shape index (κ1) is 18.0. The summed E-state index contributed by atoms with van der Waals surface area (Å²) in [4.78, 5) is 19.0. The van der Waals surface area contributed by atoms with Crippen molar-refractivity contribution in [3.8, 4) is 0 Å². The highest BCUT2D eigenvalue weighted by Crippen LogP contribution is 2.24. The Morgan fingerprint density at radius 1 is 1.44 bits per heavy atom. The van der Waals surface area contributed by atoms with Gasteiger partial charge in [-0.2, -0.15) is 0 Å². The Morgan fingerprint density at radius 3 is 2.88 bits per heavy atom. The van der Waals surface area contributed by atoms with Gasteiger partial charge in [-0.25, -0.2) is 4.98 Å². The number of hydrogen-bond acceptors (Lipinski definition) is 4. The first-order valence-corrected chi connectivity index (χ1v) is 9.14. The molecular formula is C19H24ClN3O2. The molecule has 1 aromatic carbocycles. The van der Waals surface area contributed by atoms with Crippen LogP contribution < -0.4 is 0 Å². The molecule has 0 amide bonds. The van der Waals surface area contributed by atoms with Crippen LogP contribution in [0.3, 0.4) is 0 Å². The number of allylic oxidation sites excluding steroid dienone is 1. The molecule has 25 heavy (non-hydrogen) atoms. The summed E-state index contributed by atoms with van der Waals surface area (Å²) in [7, 11) is 0. The molecule has 6 heteroatoms. The van der Waals surface area contributed by atoms with Crippen LogP contribution in [0.1, 0.15) is 25.6 Å². The molecule has 0 saturated carbocycles. The van der Waals surface area contributed by atoms with Gasteiger partial charge in [0.25, 0.3) is 0 Å². The molecule has 0 radical (unpaired) electrons. The quantitative estimate of drug-likeness (QED) is 0.582. The van der Waals surface area contributed by atoms with Crippen LogP contribution in [0, 0.1) is 5.92 Å². The first-order valence-electron chi connectivity index (χ1n) is 8.77. The number of piperidine rings is 1. The average Bonchev–Trinajstić information content (AvgIpc) is 2.93. The summed E-state index contributed by atoms with van der Waals surface area (Å²) >= 11 is 6.14. The van der Waals surface area contributed by atoms with Crippen molar-refractivity contribution in [1.29, 1.82) is 0 Å². The molecule has 1 saturated heterocycles. The summed E-state index contributed by atoms with van der Waals surface area (Å²) in [6, 6.07) is 5.77. The van der Waals surface area contributed by atoms with Gasteiger partial charge in [0, 0.05) is 11.6 Å². The normalized spacial score (nSPS) is 16.2. The predicted octanol–water partition coefficient (Wildman–Crippen LogP) is 3.65. The largest absolute Gasteiger partial charge is 0.466 e. The van der Waals surface area contributed by atoms with Crippen LogP contribution in [0.4, 0.5) is 0 Å². The lowest BCUT2D eigenvalue weighted by atomic mass is 9.97. The van der Waals surface area contributed by atoms with E-state index in [9.17, 15) is 4.79 Å². The van der Waals surface area contributed by atoms with E-state index >= 15 is 0 Å². The van der Waals surface area contributed by atoms with Crippen LogP contribution >= 0.6 is 11.6 Å². The molecule has 1 aliphatic heterocycles. The molecule has 0 bridgehead atoms. The monoisotopic (exact) mass is 361 g/mol. The molecule has 0 spiro atoms. The lowest BCUT2D eigenvalue weighted by Gasteiger charge is -2.30. The number of carbonyl (C=O) groups excluding carboxylic acids is 1. The van der Waals surface area contributed by atoms with Crippen LogP contribution in [0.25, 0.3) is 11.0 Å². The van der Waals surface area contributed by atoms with E-state index in [-0.39, 0.29) is 11.9 Å². The molecule has 134 valence electrons. The van der Waals surface area contributed by atoms with Crippen molar-refractivity contribution in [3.63, 3.8) is 0 Å². The maximum Gasteiger partial charge on any atom is 0.309 e. The lowest BCUT2D eigenvalue weighted by molar-refractivity contribution is -0.149. The second kappa shape index (κ2) is 8.02. The minimum Gasteiger partial charge on any atom is -0.466 e. The summed E-state index contributed by atoms with van der Waals surface area (Å²) in [6.07, 6.45) is 3.55. The van der Waals surface area contributed by atoms with E-state index in [1.807, 2.05) is 31.2 Å². The van der Waals surface area contributed by atoms with Gasteiger partial charge in [-0.3, -0.25) is 9.69 Å². The Hall–Kier alpha value is -1.85. The molecule has 1 fully saturated rings. The molecular weight excluding hydrogens is 338 g/mol. The number of aromatic nitrogens is 2. The molecule has 1 aromatic heterocycles. The Morgan fingerprint density at radius 2 is 2.20 bits per heavy atom. The van der Waals surface area contributed by atoms with Gasteiger partial charge in [-0.05, 0) is 51.1 Å². The highest BCUT2D eigenvalue weighted by Gasteiger charge is 2.26. The molecule has 2 aromatic rings. The number of carbonyl (C=O) groups is 1. The molecule has 0 unspecified atom stereocenters.